The number of hydrogen-bond acceptors (Lipinski definition) is 8. The van der Waals surface area contributed by atoms with Gasteiger partial charge < -0.3 is 26.4 Å². The predicted octanol–water partition coefficient (Wildman–Crippen LogP) is 2.24. The van der Waals surface area contributed by atoms with Gasteiger partial charge in [-0.05, 0) is 48.3 Å². The molecule has 0 aliphatic heterocycles. The minimum absolute atomic E-state index is 0.0197. The van der Waals surface area contributed by atoms with Crippen LogP contribution in [0, 0.1) is 5.92 Å². The Hall–Kier alpha value is -3.42. The molecule has 11 nitrogen and oxygen atoms in total. The van der Waals surface area contributed by atoms with Gasteiger partial charge in [-0.25, -0.2) is 0 Å². The van der Waals surface area contributed by atoms with E-state index in [1.54, 1.807) is 23.6 Å². The first kappa shape index (κ1) is 34.8. The summed E-state index contributed by atoms with van der Waals surface area (Å²) in [7, 11) is 0. The molecule has 0 saturated heterocycles. The van der Waals surface area contributed by atoms with Crippen molar-refractivity contribution < 1.29 is 33.9 Å². The highest BCUT2D eigenvalue weighted by Crippen LogP contribution is 2.15. The van der Waals surface area contributed by atoms with Crippen molar-refractivity contribution in [1.82, 2.24) is 21.3 Å². The normalized spacial score (nSPS) is 13.0. The largest absolute Gasteiger partial charge is 0.481 e. The molecule has 0 saturated carbocycles. The Balaban J connectivity index is 2.07. The Kier molecular flexibility index (Phi) is 14.5. The van der Waals surface area contributed by atoms with Gasteiger partial charge in [0.05, 0.1) is 4.88 Å². The highest BCUT2D eigenvalue weighted by Gasteiger charge is 2.31. The molecule has 1 aromatic heterocycles. The molecule has 0 aliphatic carbocycles. The van der Waals surface area contributed by atoms with Crippen LogP contribution in [0.5, 0.6) is 0 Å². The maximum atomic E-state index is 13.2. The molecule has 1 heterocycles. The first-order chi connectivity index (χ1) is 19.9. The summed E-state index contributed by atoms with van der Waals surface area (Å²) in [6, 6.07) is 6.75. The number of amides is 4. The lowest BCUT2D eigenvalue weighted by Crippen LogP contribution is -2.57. The van der Waals surface area contributed by atoms with Crippen molar-refractivity contribution in [3.63, 3.8) is 0 Å². The first-order valence-corrected chi connectivity index (χ1v) is 15.1. The van der Waals surface area contributed by atoms with Crippen molar-refractivity contribution in [1.29, 1.82) is 0 Å². The van der Waals surface area contributed by atoms with Crippen molar-refractivity contribution in [3.05, 3.63) is 57.2 Å². The molecule has 0 radical (unpaired) electrons. The Bertz CT molecular complexity index is 1260. The van der Waals surface area contributed by atoms with E-state index in [0.29, 0.717) is 11.4 Å². The number of nitrogens with one attached hydrogen (secondary N) is 4. The van der Waals surface area contributed by atoms with Gasteiger partial charge in [0, 0.05) is 23.7 Å². The summed E-state index contributed by atoms with van der Waals surface area (Å²) >= 11 is 11.4. The summed E-state index contributed by atoms with van der Waals surface area (Å²) in [5.74, 6) is -5.20. The SMILES string of the molecule is CC(C)C[C@H](NC(=O)[C@H](CCC(=O)O)NC(=O)C(=O)c1cccs1)C(=O)N[C@@H](CS)C(=O)NCCc1ccccc1Cl. The lowest BCUT2D eigenvalue weighted by Gasteiger charge is -2.25. The Labute approximate surface area is 258 Å². The molecule has 3 atom stereocenters. The van der Waals surface area contributed by atoms with Crippen molar-refractivity contribution >= 4 is 70.9 Å². The lowest BCUT2D eigenvalue weighted by atomic mass is 10.0. The number of hydrogen-bond donors (Lipinski definition) is 6. The number of rotatable bonds is 17. The fraction of sp³-hybridized carbons (Fsp3) is 0.429. The van der Waals surface area contributed by atoms with Crippen LogP contribution in [0.2, 0.25) is 5.02 Å². The smallest absolute Gasteiger partial charge is 0.303 e. The Morgan fingerprint density at radius 3 is 2.17 bits per heavy atom. The molecular weight excluding hydrogens is 604 g/mol. The molecule has 4 amide bonds. The van der Waals surface area contributed by atoms with E-state index in [9.17, 15) is 28.8 Å². The van der Waals surface area contributed by atoms with Crippen LogP contribution < -0.4 is 21.3 Å². The summed E-state index contributed by atoms with van der Waals surface area (Å²) in [6.07, 6.45) is -0.127. The average molecular weight is 639 g/mol. The summed E-state index contributed by atoms with van der Waals surface area (Å²) in [4.78, 5) is 75.4. The first-order valence-electron chi connectivity index (χ1n) is 13.3. The van der Waals surface area contributed by atoms with Crippen LogP contribution >= 0.6 is 35.6 Å². The van der Waals surface area contributed by atoms with Gasteiger partial charge in [-0.1, -0.05) is 49.7 Å². The van der Waals surface area contributed by atoms with E-state index in [-0.39, 0.29) is 35.9 Å². The predicted molar refractivity (Wildman–Crippen MR) is 163 cm³/mol. The third kappa shape index (κ3) is 11.5. The molecule has 2 aromatic rings. The van der Waals surface area contributed by atoms with Crippen LogP contribution in [0.4, 0.5) is 0 Å². The molecule has 2 rings (SSSR count). The number of benzene rings is 1. The summed E-state index contributed by atoms with van der Waals surface area (Å²) in [5, 5.41) is 21.5. The fourth-order valence-corrected chi connectivity index (χ4v) is 5.01. The van der Waals surface area contributed by atoms with Gasteiger partial charge in [0.25, 0.3) is 11.7 Å². The molecule has 1 aromatic carbocycles. The van der Waals surface area contributed by atoms with E-state index in [1.165, 1.54) is 6.07 Å². The third-order valence-electron chi connectivity index (χ3n) is 6.03. The van der Waals surface area contributed by atoms with E-state index in [4.69, 9.17) is 16.7 Å². The van der Waals surface area contributed by atoms with Crippen molar-refractivity contribution in [3.8, 4) is 0 Å². The molecule has 42 heavy (non-hydrogen) atoms. The fourth-order valence-electron chi connectivity index (χ4n) is 3.87. The van der Waals surface area contributed by atoms with Crippen LogP contribution in [-0.4, -0.2) is 70.9 Å². The van der Waals surface area contributed by atoms with Crippen molar-refractivity contribution in [2.75, 3.05) is 12.3 Å². The second kappa shape index (κ2) is 17.5. The highest BCUT2D eigenvalue weighted by molar-refractivity contribution is 7.80. The summed E-state index contributed by atoms with van der Waals surface area (Å²) in [5.41, 5.74) is 0.854. The van der Waals surface area contributed by atoms with Gasteiger partial charge in [-0.2, -0.15) is 12.6 Å². The maximum absolute atomic E-state index is 13.2. The number of ketones is 1. The van der Waals surface area contributed by atoms with E-state index in [1.807, 2.05) is 26.0 Å². The number of thiol groups is 1. The third-order valence-corrected chi connectivity index (χ3v) is 7.63. The second-order valence-electron chi connectivity index (χ2n) is 9.83. The zero-order valence-corrected chi connectivity index (χ0v) is 25.7. The van der Waals surface area contributed by atoms with Crippen LogP contribution in [0.25, 0.3) is 0 Å². The van der Waals surface area contributed by atoms with Crippen LogP contribution in [-0.2, 0) is 30.4 Å². The van der Waals surface area contributed by atoms with Crippen LogP contribution in [0.15, 0.2) is 41.8 Å². The lowest BCUT2D eigenvalue weighted by molar-refractivity contribution is -0.138. The van der Waals surface area contributed by atoms with Gasteiger partial charge in [-0.15, -0.1) is 11.3 Å². The molecule has 5 N–H and O–H groups in total. The zero-order valence-electron chi connectivity index (χ0n) is 23.2. The number of carbonyl (C=O) groups excluding carboxylic acids is 5. The standard InChI is InChI=1S/C28H35ClN4O7S2/c1-16(2)14-20(27(39)33-21(15-41)25(37)30-12-11-17-6-3-4-7-18(17)29)32-26(38)19(9-10-23(34)35)31-28(40)24(36)22-8-5-13-42-22/h3-8,13,16,19-21,41H,9-12,14-15H2,1-2H3,(H,30,37)(H,31,40)(H,32,38)(H,33,39)(H,34,35)/t19-,20-,21-/m0/s1. The maximum Gasteiger partial charge on any atom is 0.303 e. The number of carbonyl (C=O) groups is 6. The quantitative estimate of drug-likeness (QED) is 0.0876. The molecule has 228 valence electrons. The topological polar surface area (TPSA) is 171 Å². The molecule has 0 spiro atoms. The highest BCUT2D eigenvalue weighted by atomic mass is 35.5. The number of carboxylic acids is 1. The molecule has 0 unspecified atom stereocenters. The number of thiophene rings is 1. The van der Waals surface area contributed by atoms with Gasteiger partial charge in [-0.3, -0.25) is 28.8 Å². The molecule has 0 bridgehead atoms. The minimum atomic E-state index is -1.39. The zero-order chi connectivity index (χ0) is 31.2. The van der Waals surface area contributed by atoms with Crippen LogP contribution in [0.3, 0.4) is 0 Å². The van der Waals surface area contributed by atoms with Gasteiger partial charge in [0.15, 0.2) is 0 Å². The molecular formula is C28H35ClN4O7S2. The molecule has 0 fully saturated rings. The molecule has 0 aliphatic rings. The monoisotopic (exact) mass is 638 g/mol. The Morgan fingerprint density at radius 1 is 0.905 bits per heavy atom. The van der Waals surface area contributed by atoms with Gasteiger partial charge in [0.1, 0.15) is 18.1 Å². The second-order valence-corrected chi connectivity index (χ2v) is 11.6. The van der Waals surface area contributed by atoms with E-state index < -0.39 is 59.9 Å². The number of halogens is 1. The van der Waals surface area contributed by atoms with Crippen molar-refractivity contribution in [2.45, 2.75) is 57.7 Å². The summed E-state index contributed by atoms with van der Waals surface area (Å²) in [6.45, 7) is 3.92. The van der Waals surface area contributed by atoms with Gasteiger partial charge >= 0.3 is 5.97 Å². The van der Waals surface area contributed by atoms with E-state index >= 15 is 0 Å². The van der Waals surface area contributed by atoms with E-state index in [0.717, 1.165) is 16.9 Å². The Morgan fingerprint density at radius 2 is 1.57 bits per heavy atom. The van der Waals surface area contributed by atoms with E-state index in [2.05, 4.69) is 33.9 Å². The summed E-state index contributed by atoms with van der Waals surface area (Å²) < 4.78 is 0. The minimum Gasteiger partial charge on any atom is -0.481 e. The number of carboxylic acid groups (broad SMARTS) is 1. The molecule has 14 heteroatoms. The number of Topliss-reactive ketones (excluding diaryl/α,β-unsaturated/α-hetero) is 1. The van der Waals surface area contributed by atoms with Gasteiger partial charge in [0.2, 0.25) is 17.7 Å². The number of aliphatic carboxylic acids is 1. The average Bonchev–Trinajstić information content (AvgIpc) is 3.48. The van der Waals surface area contributed by atoms with Crippen molar-refractivity contribution in [2.24, 2.45) is 5.92 Å². The van der Waals surface area contributed by atoms with Crippen LogP contribution in [0.1, 0.15) is 48.3 Å².